The van der Waals surface area contributed by atoms with Crippen LogP contribution < -0.4 is 10.2 Å². The molecule has 0 radical (unpaired) electrons. The number of nitrogens with zero attached hydrogens (tertiary/aromatic N) is 5. The van der Waals surface area contributed by atoms with E-state index in [2.05, 4.69) is 97.0 Å². The Morgan fingerprint density at radius 1 is 0.816 bits per heavy atom. The lowest BCUT2D eigenvalue weighted by atomic mass is 9.98. The van der Waals surface area contributed by atoms with Gasteiger partial charge in [-0.2, -0.15) is 5.10 Å². The molecule has 4 heterocycles. The van der Waals surface area contributed by atoms with Gasteiger partial charge in [0.2, 0.25) is 0 Å². The molecule has 5 aromatic rings. The summed E-state index contributed by atoms with van der Waals surface area (Å²) in [7, 11) is 0. The molecule has 2 aliphatic rings. The minimum atomic E-state index is -0.0804. The molecule has 0 bridgehead atoms. The minimum Gasteiger partial charge on any atom is -0.337 e. The molecule has 0 fully saturated rings. The SMILES string of the molecule is Cc1ccc(NC2=Nc3ccccc3N3C2=Nc2c(c(C)nn2-c2ccccc2)[C@@H]3c2cccs2)cc1C. The Kier molecular flexibility index (Phi) is 5.26. The van der Waals surface area contributed by atoms with E-state index in [9.17, 15) is 0 Å². The van der Waals surface area contributed by atoms with Gasteiger partial charge < -0.3 is 10.2 Å². The van der Waals surface area contributed by atoms with Gasteiger partial charge in [-0.1, -0.05) is 42.5 Å². The van der Waals surface area contributed by atoms with Crippen LogP contribution in [0.5, 0.6) is 0 Å². The topological polar surface area (TPSA) is 57.8 Å². The average Bonchev–Trinajstić information content (AvgIpc) is 3.59. The Bertz CT molecular complexity index is 1730. The predicted octanol–water partition coefficient (Wildman–Crippen LogP) is 7.65. The quantitative estimate of drug-likeness (QED) is 0.269. The summed E-state index contributed by atoms with van der Waals surface area (Å²) in [6.07, 6.45) is 0. The van der Waals surface area contributed by atoms with Gasteiger partial charge in [0.1, 0.15) is 6.04 Å². The van der Waals surface area contributed by atoms with Crippen LogP contribution in [0.3, 0.4) is 0 Å². The number of amidine groups is 2. The number of aliphatic imine (C=N–C) groups is 2. The van der Waals surface area contributed by atoms with Gasteiger partial charge in [0.25, 0.3) is 0 Å². The van der Waals surface area contributed by atoms with Crippen molar-refractivity contribution >= 4 is 45.9 Å². The summed E-state index contributed by atoms with van der Waals surface area (Å²) in [5.41, 5.74) is 8.48. The Labute approximate surface area is 225 Å². The van der Waals surface area contributed by atoms with Crippen LogP contribution in [0.4, 0.5) is 22.9 Å². The highest BCUT2D eigenvalue weighted by Gasteiger charge is 2.41. The van der Waals surface area contributed by atoms with Crippen LogP contribution in [0.25, 0.3) is 5.69 Å². The maximum Gasteiger partial charge on any atom is 0.179 e. The largest absolute Gasteiger partial charge is 0.337 e. The first-order valence-corrected chi connectivity index (χ1v) is 13.5. The van der Waals surface area contributed by atoms with Crippen LogP contribution in [-0.2, 0) is 0 Å². The molecular formula is C31H26N6S. The molecule has 0 amide bonds. The van der Waals surface area contributed by atoms with Gasteiger partial charge in [0.15, 0.2) is 17.5 Å². The fourth-order valence-corrected chi connectivity index (χ4v) is 6.04. The number of aryl methyl sites for hydroxylation is 3. The molecular weight excluding hydrogens is 488 g/mol. The van der Waals surface area contributed by atoms with Crippen LogP contribution >= 0.6 is 11.3 Å². The molecule has 1 atom stereocenters. The van der Waals surface area contributed by atoms with Gasteiger partial charge in [-0.25, -0.2) is 14.7 Å². The summed E-state index contributed by atoms with van der Waals surface area (Å²) in [5, 5.41) is 10.7. The van der Waals surface area contributed by atoms with Crippen molar-refractivity contribution in [2.24, 2.45) is 9.98 Å². The first-order valence-electron chi connectivity index (χ1n) is 12.7. The third kappa shape index (κ3) is 3.58. The number of nitrogens with one attached hydrogen (secondary N) is 1. The molecule has 0 saturated heterocycles. The fourth-order valence-electron chi connectivity index (χ4n) is 5.22. The molecule has 7 rings (SSSR count). The van der Waals surface area contributed by atoms with Crippen LogP contribution in [0, 0.1) is 20.8 Å². The lowest BCUT2D eigenvalue weighted by molar-refractivity contribution is 0.830. The average molecular weight is 515 g/mol. The maximum atomic E-state index is 5.30. The van der Waals surface area contributed by atoms with Gasteiger partial charge in [0.05, 0.1) is 22.8 Å². The summed E-state index contributed by atoms with van der Waals surface area (Å²) >= 11 is 1.75. The highest BCUT2D eigenvalue weighted by atomic mass is 32.1. The molecule has 7 heteroatoms. The van der Waals surface area contributed by atoms with Gasteiger partial charge in [-0.15, -0.1) is 11.3 Å². The Morgan fingerprint density at radius 3 is 2.42 bits per heavy atom. The van der Waals surface area contributed by atoms with Crippen molar-refractivity contribution in [1.29, 1.82) is 0 Å². The van der Waals surface area contributed by atoms with Crippen LogP contribution in [-0.4, -0.2) is 21.5 Å². The second-order valence-electron chi connectivity index (χ2n) is 9.67. The summed E-state index contributed by atoms with van der Waals surface area (Å²) < 4.78 is 1.96. The number of hydrogen-bond acceptors (Lipinski definition) is 6. The maximum absolute atomic E-state index is 5.30. The molecule has 1 N–H and O–H groups in total. The zero-order chi connectivity index (χ0) is 25.8. The van der Waals surface area contributed by atoms with Crippen molar-refractivity contribution in [2.45, 2.75) is 26.8 Å². The van der Waals surface area contributed by atoms with Gasteiger partial charge in [-0.3, -0.25) is 0 Å². The summed E-state index contributed by atoms with van der Waals surface area (Å²) in [5.74, 6) is 2.34. The van der Waals surface area contributed by atoms with Crippen LogP contribution in [0.2, 0.25) is 0 Å². The molecule has 3 aromatic carbocycles. The van der Waals surface area contributed by atoms with E-state index in [4.69, 9.17) is 15.1 Å². The van der Waals surface area contributed by atoms with E-state index in [1.807, 2.05) is 28.9 Å². The van der Waals surface area contributed by atoms with Crippen molar-refractivity contribution < 1.29 is 0 Å². The first-order chi connectivity index (χ1) is 18.6. The normalized spacial score (nSPS) is 15.8. The highest BCUT2D eigenvalue weighted by molar-refractivity contribution is 7.10. The number of fused-ring (bicyclic) bond motifs is 4. The highest BCUT2D eigenvalue weighted by Crippen LogP contribution is 2.49. The standard InChI is InChI=1S/C31H26N6S/c1-19-15-16-22(18-20(19)2)32-29-31-34-30-27(21(3)35-37(30)23-10-5-4-6-11-23)28(26-14-9-17-38-26)36(31)25-13-8-7-12-24(25)33-29/h4-18,28H,1-3H3,(H,32,33)/t28-/m0/s1. The van der Waals surface area contributed by atoms with E-state index in [1.54, 1.807) is 11.3 Å². The third-order valence-electron chi connectivity index (χ3n) is 7.22. The van der Waals surface area contributed by atoms with E-state index in [-0.39, 0.29) is 6.04 Å². The van der Waals surface area contributed by atoms with E-state index >= 15 is 0 Å². The van der Waals surface area contributed by atoms with Gasteiger partial charge in [-0.05, 0) is 79.7 Å². The number of hydrogen-bond donors (Lipinski definition) is 1. The molecule has 2 aliphatic heterocycles. The summed E-state index contributed by atoms with van der Waals surface area (Å²) in [4.78, 5) is 13.9. The number of para-hydroxylation sites is 3. The minimum absolute atomic E-state index is 0.0804. The molecule has 38 heavy (non-hydrogen) atoms. The smallest absolute Gasteiger partial charge is 0.179 e. The van der Waals surface area contributed by atoms with E-state index in [0.717, 1.165) is 51.5 Å². The van der Waals surface area contributed by atoms with Crippen LogP contribution in [0.1, 0.15) is 33.3 Å². The number of benzene rings is 3. The molecule has 2 aromatic heterocycles. The summed E-state index contributed by atoms with van der Waals surface area (Å²) in [6, 6.07) is 29.1. The zero-order valence-corrected chi connectivity index (χ0v) is 22.2. The molecule has 0 saturated carbocycles. The monoisotopic (exact) mass is 514 g/mol. The fraction of sp³-hybridized carbons (Fsp3) is 0.129. The molecule has 0 aliphatic carbocycles. The molecule has 0 unspecified atom stereocenters. The second kappa shape index (κ2) is 8.82. The number of rotatable bonds is 3. The number of anilines is 2. The first kappa shape index (κ1) is 22.7. The van der Waals surface area contributed by atoms with Crippen molar-refractivity contribution in [3.8, 4) is 5.69 Å². The predicted molar refractivity (Wildman–Crippen MR) is 157 cm³/mol. The van der Waals surface area contributed by atoms with E-state index in [1.165, 1.54) is 16.0 Å². The third-order valence-corrected chi connectivity index (χ3v) is 8.15. The Hall–Kier alpha value is -4.49. The molecule has 6 nitrogen and oxygen atoms in total. The van der Waals surface area contributed by atoms with Gasteiger partial charge in [0, 0.05) is 16.1 Å². The van der Waals surface area contributed by atoms with E-state index < -0.39 is 0 Å². The van der Waals surface area contributed by atoms with Crippen molar-refractivity contribution in [2.75, 3.05) is 10.2 Å². The zero-order valence-electron chi connectivity index (χ0n) is 21.4. The van der Waals surface area contributed by atoms with Crippen molar-refractivity contribution in [3.63, 3.8) is 0 Å². The Balaban J connectivity index is 1.48. The molecule has 186 valence electrons. The van der Waals surface area contributed by atoms with Crippen LogP contribution in [0.15, 0.2) is 100 Å². The molecule has 0 spiro atoms. The number of thiophene rings is 1. The van der Waals surface area contributed by atoms with Crippen molar-refractivity contribution in [1.82, 2.24) is 9.78 Å². The van der Waals surface area contributed by atoms with E-state index in [0.29, 0.717) is 0 Å². The van der Waals surface area contributed by atoms with Crippen molar-refractivity contribution in [3.05, 3.63) is 118 Å². The summed E-state index contributed by atoms with van der Waals surface area (Å²) in [6.45, 7) is 6.33. The Morgan fingerprint density at radius 2 is 1.63 bits per heavy atom. The lowest BCUT2D eigenvalue weighted by Gasteiger charge is -2.40. The number of aromatic nitrogens is 2. The lowest BCUT2D eigenvalue weighted by Crippen LogP contribution is -2.46. The second-order valence-corrected chi connectivity index (χ2v) is 10.6. The van der Waals surface area contributed by atoms with Gasteiger partial charge >= 0.3 is 0 Å².